The number of aromatic nitrogens is 5. The molecule has 0 saturated heterocycles. The van der Waals surface area contributed by atoms with E-state index in [1.54, 1.807) is 0 Å². The van der Waals surface area contributed by atoms with Crippen LogP contribution in [0.25, 0.3) is 111 Å². The molecule has 5 nitrogen and oxygen atoms in total. The van der Waals surface area contributed by atoms with Gasteiger partial charge in [-0.1, -0.05) is 127 Å². The van der Waals surface area contributed by atoms with Gasteiger partial charge in [0.1, 0.15) is 0 Å². The molecule has 0 unspecified atom stereocenters. The van der Waals surface area contributed by atoms with Gasteiger partial charge in [-0.05, 0) is 94.3 Å². The van der Waals surface area contributed by atoms with Gasteiger partial charge >= 0.3 is 0 Å². The molecule has 3 aromatic heterocycles. The van der Waals surface area contributed by atoms with E-state index < -0.39 is 0 Å². The van der Waals surface area contributed by atoms with Gasteiger partial charge in [0.05, 0.1) is 22.1 Å². The zero-order valence-corrected chi connectivity index (χ0v) is 31.3. The van der Waals surface area contributed by atoms with Crippen molar-refractivity contribution in [3.8, 4) is 45.5 Å². The van der Waals surface area contributed by atoms with Crippen LogP contribution in [0.15, 0.2) is 200 Å². The molecule has 0 fully saturated rings. The molecule has 0 spiro atoms. The van der Waals surface area contributed by atoms with Crippen molar-refractivity contribution >= 4 is 65.2 Å². The predicted octanol–water partition coefficient (Wildman–Crippen LogP) is 13.4. The summed E-state index contributed by atoms with van der Waals surface area (Å²) < 4.78 is 4.69. The number of hydrogen-bond donors (Lipinski definition) is 0. The molecule has 12 rings (SSSR count). The Bertz CT molecular complexity index is 3560. The number of benzene rings is 9. The lowest BCUT2D eigenvalue weighted by Crippen LogP contribution is -2.01. The van der Waals surface area contributed by atoms with Crippen LogP contribution in [0.3, 0.4) is 0 Å². The van der Waals surface area contributed by atoms with Crippen molar-refractivity contribution < 1.29 is 0 Å². The van der Waals surface area contributed by atoms with Crippen molar-refractivity contribution in [2.45, 2.75) is 0 Å². The van der Waals surface area contributed by atoms with Gasteiger partial charge in [0.15, 0.2) is 17.5 Å². The van der Waals surface area contributed by atoms with Gasteiger partial charge in [-0.3, -0.25) is 0 Å². The Balaban J connectivity index is 1.06. The molecule has 0 aliphatic carbocycles. The van der Waals surface area contributed by atoms with Crippen LogP contribution in [0.1, 0.15) is 0 Å². The lowest BCUT2D eigenvalue weighted by molar-refractivity contribution is 1.08. The van der Waals surface area contributed by atoms with Crippen LogP contribution < -0.4 is 0 Å². The minimum Gasteiger partial charge on any atom is -0.309 e. The van der Waals surface area contributed by atoms with E-state index in [-0.39, 0.29) is 0 Å². The molecule has 12 aromatic rings. The highest BCUT2D eigenvalue weighted by molar-refractivity contribution is 6.16. The van der Waals surface area contributed by atoms with Crippen LogP contribution in [0, 0.1) is 0 Å². The summed E-state index contributed by atoms with van der Waals surface area (Å²) in [6, 6.07) is 70.9. The maximum absolute atomic E-state index is 5.29. The van der Waals surface area contributed by atoms with E-state index in [1.807, 2.05) is 0 Å². The van der Waals surface area contributed by atoms with Gasteiger partial charge in [-0.15, -0.1) is 0 Å². The lowest BCUT2D eigenvalue weighted by atomic mass is 10.0. The topological polar surface area (TPSA) is 48.5 Å². The Morgan fingerprint density at radius 3 is 1.60 bits per heavy atom. The van der Waals surface area contributed by atoms with Gasteiger partial charge < -0.3 is 9.13 Å². The fraction of sp³-hybridized carbons (Fsp3) is 0. The van der Waals surface area contributed by atoms with Gasteiger partial charge in [0, 0.05) is 49.6 Å². The third-order valence-electron chi connectivity index (χ3n) is 11.5. The fourth-order valence-electron chi connectivity index (χ4n) is 8.84. The van der Waals surface area contributed by atoms with Crippen molar-refractivity contribution in [3.63, 3.8) is 0 Å². The molecule has 0 bridgehead atoms. The molecule has 5 heteroatoms. The Hall–Kier alpha value is -7.89. The average Bonchev–Trinajstić information content (AvgIpc) is 3.81. The lowest BCUT2D eigenvalue weighted by Gasteiger charge is -2.12. The third kappa shape index (κ3) is 5.07. The molecule has 0 N–H and O–H groups in total. The van der Waals surface area contributed by atoms with Crippen molar-refractivity contribution in [3.05, 3.63) is 200 Å². The predicted molar refractivity (Wildman–Crippen MR) is 240 cm³/mol. The number of para-hydroxylation sites is 3. The molecule has 0 aliphatic rings. The summed E-state index contributed by atoms with van der Waals surface area (Å²) in [5.41, 5.74) is 9.58. The summed E-state index contributed by atoms with van der Waals surface area (Å²) in [6.45, 7) is 0. The molecular weight excluding hydrogens is 707 g/mol. The van der Waals surface area contributed by atoms with E-state index in [0.29, 0.717) is 17.5 Å². The first-order chi connectivity index (χ1) is 28.7. The Morgan fingerprint density at radius 1 is 0.293 bits per heavy atom. The molecule has 3 heterocycles. The van der Waals surface area contributed by atoms with E-state index in [9.17, 15) is 0 Å². The van der Waals surface area contributed by atoms with Gasteiger partial charge in [0.25, 0.3) is 0 Å². The monoisotopic (exact) mass is 739 g/mol. The summed E-state index contributed by atoms with van der Waals surface area (Å²) >= 11 is 0. The zero-order valence-electron chi connectivity index (χ0n) is 31.3. The number of rotatable bonds is 5. The quantitative estimate of drug-likeness (QED) is 0.177. The Labute approximate surface area is 333 Å². The second-order valence-corrected chi connectivity index (χ2v) is 14.9. The smallest absolute Gasteiger partial charge is 0.164 e. The van der Waals surface area contributed by atoms with Crippen LogP contribution >= 0.6 is 0 Å². The van der Waals surface area contributed by atoms with Crippen molar-refractivity contribution in [2.24, 2.45) is 0 Å². The summed E-state index contributed by atoms with van der Waals surface area (Å²) in [7, 11) is 0. The first-order valence-electron chi connectivity index (χ1n) is 19.6. The first kappa shape index (κ1) is 32.4. The largest absolute Gasteiger partial charge is 0.309 e. The summed E-state index contributed by atoms with van der Waals surface area (Å²) in [6.07, 6.45) is 0. The van der Waals surface area contributed by atoms with Crippen molar-refractivity contribution in [1.82, 2.24) is 24.1 Å². The van der Waals surface area contributed by atoms with E-state index in [0.717, 1.165) is 55.3 Å². The Morgan fingerprint density at radius 2 is 0.828 bits per heavy atom. The van der Waals surface area contributed by atoms with E-state index in [2.05, 4.69) is 209 Å². The molecule has 9 aromatic carbocycles. The Kier molecular flexibility index (Phi) is 7.16. The fourth-order valence-corrected chi connectivity index (χ4v) is 8.84. The highest BCUT2D eigenvalue weighted by atomic mass is 15.0. The zero-order chi connectivity index (χ0) is 38.2. The van der Waals surface area contributed by atoms with E-state index >= 15 is 0 Å². The summed E-state index contributed by atoms with van der Waals surface area (Å²) in [5, 5.41) is 9.50. The molecule has 58 heavy (non-hydrogen) atoms. The molecule has 0 atom stereocenters. The summed E-state index contributed by atoms with van der Waals surface area (Å²) in [4.78, 5) is 15.7. The van der Waals surface area contributed by atoms with E-state index in [1.165, 1.54) is 38.0 Å². The van der Waals surface area contributed by atoms with Crippen LogP contribution in [0.2, 0.25) is 0 Å². The SMILES string of the molecule is c1ccc(-n2c3ccccc3c3c(-c4nc(-c5ccc(-n6c7ccccc7c7cc8ccccc8cc76)cc5)nc(-c5ccc6ccccc6c5)n4)cccc32)cc1. The van der Waals surface area contributed by atoms with Crippen LogP contribution in [-0.4, -0.2) is 24.1 Å². The first-order valence-corrected chi connectivity index (χ1v) is 19.6. The normalized spacial score (nSPS) is 11.8. The third-order valence-corrected chi connectivity index (χ3v) is 11.5. The highest BCUT2D eigenvalue weighted by Crippen LogP contribution is 2.39. The molecule has 0 radical (unpaired) electrons. The summed E-state index contributed by atoms with van der Waals surface area (Å²) in [5.74, 6) is 1.89. The van der Waals surface area contributed by atoms with Crippen LogP contribution in [0.5, 0.6) is 0 Å². The molecular formula is C53H33N5. The molecule has 270 valence electrons. The number of fused-ring (bicyclic) bond motifs is 8. The van der Waals surface area contributed by atoms with Crippen molar-refractivity contribution in [1.29, 1.82) is 0 Å². The van der Waals surface area contributed by atoms with Gasteiger partial charge in [-0.2, -0.15) is 0 Å². The van der Waals surface area contributed by atoms with Crippen LogP contribution in [0.4, 0.5) is 0 Å². The second-order valence-electron chi connectivity index (χ2n) is 14.9. The van der Waals surface area contributed by atoms with Gasteiger partial charge in [0.2, 0.25) is 0 Å². The number of hydrogen-bond acceptors (Lipinski definition) is 3. The minimum absolute atomic E-state index is 0.622. The maximum atomic E-state index is 5.29. The maximum Gasteiger partial charge on any atom is 0.164 e. The van der Waals surface area contributed by atoms with Crippen molar-refractivity contribution in [2.75, 3.05) is 0 Å². The highest BCUT2D eigenvalue weighted by Gasteiger charge is 2.20. The second kappa shape index (κ2) is 12.8. The molecule has 0 amide bonds. The molecule has 0 saturated carbocycles. The number of nitrogens with zero attached hydrogens (tertiary/aromatic N) is 5. The average molecular weight is 740 g/mol. The molecule has 0 aliphatic heterocycles. The standard InChI is InChI=1S/C53H33N5/c1-2-17-40(18-3-1)57-47-23-11-9-20-43(47)50-44(21-12-24-48(50)57)53-55-51(54-52(56-53)39-26-25-34-13-4-5-14-36(34)31-39)35-27-29-41(30-28-35)58-46-22-10-8-19-42(46)45-32-37-15-6-7-16-38(37)33-49(45)58/h1-33H. The van der Waals surface area contributed by atoms with E-state index in [4.69, 9.17) is 15.0 Å². The van der Waals surface area contributed by atoms with Gasteiger partial charge in [-0.25, -0.2) is 15.0 Å². The minimum atomic E-state index is 0.622. The van der Waals surface area contributed by atoms with Crippen LogP contribution in [-0.2, 0) is 0 Å².